The number of hydrogen-bond donors (Lipinski definition) is 1. The lowest BCUT2D eigenvalue weighted by molar-refractivity contribution is 0.0341. The number of guanidine groups is 1. The Kier molecular flexibility index (Phi) is 10.5. The van der Waals surface area contributed by atoms with E-state index in [2.05, 4.69) is 51.4 Å². The number of nitrogens with one attached hydrogen (secondary N) is 1. The van der Waals surface area contributed by atoms with E-state index >= 15 is 0 Å². The summed E-state index contributed by atoms with van der Waals surface area (Å²) in [5.41, 5.74) is 2.70. The minimum atomic E-state index is 0. The predicted molar refractivity (Wildman–Crippen MR) is 124 cm³/mol. The van der Waals surface area contributed by atoms with Crippen molar-refractivity contribution in [3.63, 3.8) is 0 Å². The molecule has 0 aromatic heterocycles. The summed E-state index contributed by atoms with van der Waals surface area (Å²) in [6.45, 7) is 7.95. The van der Waals surface area contributed by atoms with E-state index in [0.717, 1.165) is 71.0 Å². The summed E-state index contributed by atoms with van der Waals surface area (Å²) >= 11 is 0. The molecule has 7 heteroatoms. The van der Waals surface area contributed by atoms with Crippen molar-refractivity contribution in [1.29, 1.82) is 0 Å². The number of ether oxygens (including phenoxy) is 2. The van der Waals surface area contributed by atoms with Crippen molar-refractivity contribution >= 4 is 29.9 Å². The summed E-state index contributed by atoms with van der Waals surface area (Å²) < 4.78 is 11.2. The lowest BCUT2D eigenvalue weighted by Crippen LogP contribution is -2.40. The highest BCUT2D eigenvalue weighted by atomic mass is 127. The average Bonchev–Trinajstić information content (AvgIpc) is 3.52. The number of likely N-dealkylation sites (N-methyl/N-ethyl adjacent to an activating group) is 1. The Hall–Kier alpha value is -0.900. The van der Waals surface area contributed by atoms with E-state index in [4.69, 9.17) is 9.47 Å². The molecule has 0 spiro atoms. The van der Waals surface area contributed by atoms with Gasteiger partial charge in [-0.1, -0.05) is 24.3 Å². The van der Waals surface area contributed by atoms with Gasteiger partial charge in [0.25, 0.3) is 0 Å². The van der Waals surface area contributed by atoms with Gasteiger partial charge in [-0.3, -0.25) is 9.89 Å². The lowest BCUT2D eigenvalue weighted by Gasteiger charge is -2.28. The van der Waals surface area contributed by atoms with Crippen LogP contribution < -0.4 is 5.32 Å². The maximum absolute atomic E-state index is 5.75. The Morgan fingerprint density at radius 2 is 1.96 bits per heavy atom. The summed E-state index contributed by atoms with van der Waals surface area (Å²) in [6.07, 6.45) is 2.67. The van der Waals surface area contributed by atoms with E-state index in [9.17, 15) is 0 Å². The van der Waals surface area contributed by atoms with Crippen molar-refractivity contribution in [2.45, 2.75) is 25.9 Å². The quantitative estimate of drug-likeness (QED) is 0.244. The number of halogens is 1. The lowest BCUT2D eigenvalue weighted by atomic mass is 10.1. The molecule has 1 aromatic rings. The van der Waals surface area contributed by atoms with E-state index in [1.807, 2.05) is 7.05 Å². The molecule has 1 saturated heterocycles. The van der Waals surface area contributed by atoms with E-state index < -0.39 is 0 Å². The molecule has 2 fully saturated rings. The molecule has 0 radical (unpaired) electrons. The van der Waals surface area contributed by atoms with Crippen LogP contribution in [0.1, 0.15) is 24.0 Å². The molecule has 1 N–H and O–H groups in total. The van der Waals surface area contributed by atoms with Crippen LogP contribution in [-0.2, 0) is 22.6 Å². The second-order valence-corrected chi connectivity index (χ2v) is 7.50. The standard InChI is InChI=1S/C21H34N4O2.HI/c1-22-21(24(2)9-12-27-17-18-7-8-18)23-15-19-5-3-4-6-20(19)16-25-10-13-26-14-11-25;/h3-6,18H,7-17H2,1-2H3,(H,22,23);1H. The number of aliphatic imine (C=N–C) groups is 1. The van der Waals surface area contributed by atoms with E-state index in [-0.39, 0.29) is 24.0 Å². The Morgan fingerprint density at radius 3 is 2.64 bits per heavy atom. The molecule has 2 aliphatic rings. The third-order valence-corrected chi connectivity index (χ3v) is 5.25. The molecule has 0 amide bonds. The molecule has 0 atom stereocenters. The van der Waals surface area contributed by atoms with Gasteiger partial charge in [-0.25, -0.2) is 0 Å². The van der Waals surface area contributed by atoms with Gasteiger partial charge in [-0.2, -0.15) is 0 Å². The zero-order valence-electron chi connectivity index (χ0n) is 17.2. The topological polar surface area (TPSA) is 49.3 Å². The highest BCUT2D eigenvalue weighted by Gasteiger charge is 2.21. The number of hydrogen-bond acceptors (Lipinski definition) is 4. The van der Waals surface area contributed by atoms with E-state index in [1.54, 1.807) is 0 Å². The van der Waals surface area contributed by atoms with Crippen LogP contribution in [0.4, 0.5) is 0 Å². The van der Waals surface area contributed by atoms with Gasteiger partial charge < -0.3 is 19.7 Å². The number of benzene rings is 1. The van der Waals surface area contributed by atoms with Crippen molar-refractivity contribution in [3.8, 4) is 0 Å². The molecule has 1 aromatic carbocycles. The van der Waals surface area contributed by atoms with Crippen molar-refractivity contribution in [3.05, 3.63) is 35.4 Å². The summed E-state index contributed by atoms with van der Waals surface area (Å²) in [6, 6.07) is 8.66. The summed E-state index contributed by atoms with van der Waals surface area (Å²) in [4.78, 5) is 9.02. The molecule has 1 aliphatic carbocycles. The molecule has 0 bridgehead atoms. The maximum atomic E-state index is 5.75. The van der Waals surface area contributed by atoms with Crippen LogP contribution in [0.15, 0.2) is 29.3 Å². The van der Waals surface area contributed by atoms with Crippen LogP contribution in [0, 0.1) is 5.92 Å². The number of nitrogens with zero attached hydrogens (tertiary/aromatic N) is 3. The van der Waals surface area contributed by atoms with Crippen LogP contribution in [0.2, 0.25) is 0 Å². The van der Waals surface area contributed by atoms with Crippen molar-refractivity contribution in [2.24, 2.45) is 10.9 Å². The fraction of sp³-hybridized carbons (Fsp3) is 0.667. The largest absolute Gasteiger partial charge is 0.379 e. The van der Waals surface area contributed by atoms with Crippen LogP contribution in [0.25, 0.3) is 0 Å². The molecule has 0 unspecified atom stereocenters. The van der Waals surface area contributed by atoms with Crippen LogP contribution >= 0.6 is 24.0 Å². The van der Waals surface area contributed by atoms with E-state index in [0.29, 0.717) is 0 Å². The zero-order chi connectivity index (χ0) is 18.9. The Bertz CT molecular complexity index is 604. The first kappa shape index (κ1) is 23.4. The molecular weight excluding hydrogens is 467 g/mol. The molecule has 1 aliphatic heterocycles. The number of morpholine rings is 1. The third-order valence-electron chi connectivity index (χ3n) is 5.25. The minimum Gasteiger partial charge on any atom is -0.379 e. The summed E-state index contributed by atoms with van der Waals surface area (Å²) in [5.74, 6) is 1.72. The monoisotopic (exact) mass is 502 g/mol. The summed E-state index contributed by atoms with van der Waals surface area (Å²) in [7, 11) is 3.90. The van der Waals surface area contributed by atoms with Crippen molar-refractivity contribution < 1.29 is 9.47 Å². The second-order valence-electron chi connectivity index (χ2n) is 7.50. The smallest absolute Gasteiger partial charge is 0.193 e. The molecule has 158 valence electrons. The Labute approximate surface area is 186 Å². The molecule has 1 heterocycles. The third kappa shape index (κ3) is 7.85. The van der Waals surface area contributed by atoms with Crippen molar-refractivity contribution in [2.75, 3.05) is 60.2 Å². The Balaban J connectivity index is 0.00000280. The highest BCUT2D eigenvalue weighted by Crippen LogP contribution is 2.28. The van der Waals surface area contributed by atoms with Crippen LogP contribution in [0.5, 0.6) is 0 Å². The molecule has 6 nitrogen and oxygen atoms in total. The molecule has 28 heavy (non-hydrogen) atoms. The first-order chi connectivity index (χ1) is 13.3. The fourth-order valence-electron chi connectivity index (χ4n) is 3.29. The highest BCUT2D eigenvalue weighted by molar-refractivity contribution is 14.0. The van der Waals surface area contributed by atoms with Gasteiger partial charge >= 0.3 is 0 Å². The van der Waals surface area contributed by atoms with Gasteiger partial charge in [-0.05, 0) is 29.9 Å². The average molecular weight is 502 g/mol. The Morgan fingerprint density at radius 1 is 1.25 bits per heavy atom. The zero-order valence-corrected chi connectivity index (χ0v) is 19.6. The van der Waals surface area contributed by atoms with Gasteiger partial charge in [0, 0.05) is 53.4 Å². The maximum Gasteiger partial charge on any atom is 0.193 e. The normalized spacial score (nSPS) is 17.9. The van der Waals surface area contributed by atoms with Gasteiger partial charge in [-0.15, -0.1) is 24.0 Å². The predicted octanol–water partition coefficient (Wildman–Crippen LogP) is 2.57. The molecule has 3 rings (SSSR count). The fourth-order valence-corrected chi connectivity index (χ4v) is 3.29. The van der Waals surface area contributed by atoms with Gasteiger partial charge in [0.05, 0.1) is 19.8 Å². The number of rotatable bonds is 9. The first-order valence-electron chi connectivity index (χ1n) is 10.1. The first-order valence-corrected chi connectivity index (χ1v) is 10.1. The molecule has 1 saturated carbocycles. The SMILES string of the molecule is CN=C(NCc1ccccc1CN1CCOCC1)N(C)CCOCC1CC1.I. The van der Waals surface area contributed by atoms with Crippen LogP contribution in [-0.4, -0.2) is 75.9 Å². The van der Waals surface area contributed by atoms with E-state index in [1.165, 1.54) is 24.0 Å². The van der Waals surface area contributed by atoms with Gasteiger partial charge in [0.2, 0.25) is 0 Å². The van der Waals surface area contributed by atoms with Crippen molar-refractivity contribution in [1.82, 2.24) is 15.1 Å². The second kappa shape index (κ2) is 12.6. The van der Waals surface area contributed by atoms with Gasteiger partial charge in [0.15, 0.2) is 5.96 Å². The van der Waals surface area contributed by atoms with Gasteiger partial charge in [0.1, 0.15) is 0 Å². The van der Waals surface area contributed by atoms with Crippen LogP contribution in [0.3, 0.4) is 0 Å². The molecular formula is C21H35IN4O2. The minimum absolute atomic E-state index is 0. The summed E-state index contributed by atoms with van der Waals surface area (Å²) in [5, 5.41) is 3.50.